The molecule has 0 spiro atoms. The van der Waals surface area contributed by atoms with E-state index in [2.05, 4.69) is 15.0 Å². The van der Waals surface area contributed by atoms with Crippen molar-refractivity contribution < 1.29 is 31.8 Å². The average Bonchev–Trinajstić information content (AvgIpc) is 3.91. The topological polar surface area (TPSA) is 132 Å². The number of rotatable bonds is 7. The van der Waals surface area contributed by atoms with E-state index in [1.54, 1.807) is 0 Å². The molecule has 2 aromatic rings. The molecule has 2 saturated carbocycles. The summed E-state index contributed by atoms with van der Waals surface area (Å²) in [6.07, 6.45) is -1.89. The number of aliphatic imine (C=N–C) groups is 1. The van der Waals surface area contributed by atoms with Crippen LogP contribution in [-0.2, 0) is 28.7 Å². The zero-order chi connectivity index (χ0) is 31.3. The zero-order valence-electron chi connectivity index (χ0n) is 24.0. The van der Waals surface area contributed by atoms with Crippen molar-refractivity contribution in [1.82, 2.24) is 14.9 Å². The summed E-state index contributed by atoms with van der Waals surface area (Å²) >= 11 is 6.72. The lowest BCUT2D eigenvalue weighted by atomic mass is 9.94. The third-order valence-corrected chi connectivity index (χ3v) is 8.66. The molecule has 1 aromatic heterocycles. The van der Waals surface area contributed by atoms with E-state index in [0.717, 1.165) is 37.8 Å². The molecule has 2 fully saturated rings. The summed E-state index contributed by atoms with van der Waals surface area (Å²) in [5.41, 5.74) is 10.9. The van der Waals surface area contributed by atoms with Crippen molar-refractivity contribution in [2.45, 2.75) is 69.5 Å². The molecule has 3 heterocycles. The van der Waals surface area contributed by atoms with Gasteiger partial charge in [-0.15, -0.1) is 0 Å². The van der Waals surface area contributed by atoms with E-state index in [1.165, 1.54) is 7.11 Å². The highest BCUT2D eigenvalue weighted by Gasteiger charge is 2.43. The monoisotopic (exact) mass is 637 g/mol. The molecule has 1 amide bonds. The van der Waals surface area contributed by atoms with Gasteiger partial charge in [-0.2, -0.15) is 23.1 Å². The van der Waals surface area contributed by atoms with Crippen molar-refractivity contribution in [3.05, 3.63) is 51.1 Å². The van der Waals surface area contributed by atoms with Crippen LogP contribution in [0.5, 0.6) is 6.01 Å². The first-order valence-corrected chi connectivity index (χ1v) is 14.8. The van der Waals surface area contributed by atoms with Gasteiger partial charge in [-0.3, -0.25) is 9.79 Å². The molecule has 1 aromatic carbocycles. The Hall–Kier alpha value is -3.65. The first-order chi connectivity index (χ1) is 21.0. The molecule has 2 aliphatic heterocycles. The van der Waals surface area contributed by atoms with E-state index in [9.17, 15) is 18.0 Å². The number of carbonyl (C=O) groups is 1. The predicted octanol–water partition coefficient (Wildman–Crippen LogP) is 4.25. The van der Waals surface area contributed by atoms with E-state index in [-0.39, 0.29) is 54.3 Å². The van der Waals surface area contributed by atoms with E-state index in [1.807, 2.05) is 9.80 Å². The van der Waals surface area contributed by atoms with Gasteiger partial charge in [0, 0.05) is 42.7 Å². The van der Waals surface area contributed by atoms with Gasteiger partial charge >= 0.3 is 12.2 Å². The van der Waals surface area contributed by atoms with Crippen molar-refractivity contribution in [2.75, 3.05) is 37.4 Å². The Kier molecular flexibility index (Phi) is 8.07. The number of halogens is 5. The van der Waals surface area contributed by atoms with Crippen LogP contribution in [0.1, 0.15) is 60.6 Å². The predicted molar refractivity (Wildman–Crippen MR) is 155 cm³/mol. The summed E-state index contributed by atoms with van der Waals surface area (Å²) in [4.78, 5) is 30.6. The molecule has 15 heteroatoms. The Morgan fingerprint density at radius 2 is 1.89 bits per heavy atom. The van der Waals surface area contributed by atoms with Crippen LogP contribution < -0.4 is 21.1 Å². The van der Waals surface area contributed by atoms with Crippen molar-refractivity contribution >= 4 is 34.7 Å². The van der Waals surface area contributed by atoms with Gasteiger partial charge in [0.05, 0.1) is 54.1 Å². The van der Waals surface area contributed by atoms with Crippen molar-refractivity contribution in [3.8, 4) is 6.01 Å². The summed E-state index contributed by atoms with van der Waals surface area (Å²) in [6.45, 7) is 0.864. The fourth-order valence-corrected chi connectivity index (χ4v) is 5.97. The normalized spacial score (nSPS) is 21.2. The van der Waals surface area contributed by atoms with E-state index in [4.69, 9.17) is 32.5 Å². The van der Waals surface area contributed by atoms with Crippen LogP contribution in [0.15, 0.2) is 27.9 Å². The van der Waals surface area contributed by atoms with Crippen LogP contribution in [0.25, 0.3) is 0 Å². The molecule has 2 aliphatic carbocycles. The Balaban J connectivity index is 1.30. The molecule has 1 atom stereocenters. The lowest BCUT2D eigenvalue weighted by Gasteiger charge is -2.31. The second kappa shape index (κ2) is 11.7. The van der Waals surface area contributed by atoms with Gasteiger partial charge < -0.3 is 30.7 Å². The second-order valence-electron chi connectivity index (χ2n) is 11.4. The fourth-order valence-electron chi connectivity index (χ4n) is 5.77. The largest absolute Gasteiger partial charge is 0.467 e. The van der Waals surface area contributed by atoms with Gasteiger partial charge in [0.15, 0.2) is 5.82 Å². The van der Waals surface area contributed by atoms with E-state index >= 15 is 4.39 Å². The number of benzene rings is 1. The van der Waals surface area contributed by atoms with Crippen LogP contribution in [-0.4, -0.2) is 65.3 Å². The first kappa shape index (κ1) is 30.4. The summed E-state index contributed by atoms with van der Waals surface area (Å²) in [5.74, 6) is -1.06. The minimum atomic E-state index is -4.83. The molecule has 6 rings (SSSR count). The number of anilines is 2. The van der Waals surface area contributed by atoms with Crippen LogP contribution in [0, 0.1) is 5.82 Å². The fraction of sp³-hybridized carbons (Fsp3) is 0.517. The Labute approximate surface area is 256 Å². The molecule has 4 aliphatic rings. The molecular weight excluding hydrogens is 606 g/mol. The third kappa shape index (κ3) is 5.88. The van der Waals surface area contributed by atoms with Crippen LogP contribution in [0.4, 0.5) is 29.1 Å². The first-order valence-electron chi connectivity index (χ1n) is 14.4. The molecule has 0 bridgehead atoms. The highest BCUT2D eigenvalue weighted by Crippen LogP contribution is 2.43. The lowest BCUT2D eigenvalue weighted by molar-refractivity contribution is -0.140. The number of aromatic nitrogens is 2. The average molecular weight is 638 g/mol. The third-order valence-electron chi connectivity index (χ3n) is 8.24. The standard InChI is InChI=1S/C29H32ClF4N7O3/c1-43-28-38-19-11-21(22-17(29(32,33)34)7-8-18(35)24(22)31)44-13-16(19)26(39-28)40-10-2-9-37-20(12-40)23(30)25(36)27(42)41(14-3-4-14)15-5-6-15/h7-8,14-15,21H,2-6,9-13,35-36H2,1H3/b25-23+. The zero-order valence-corrected chi connectivity index (χ0v) is 24.7. The van der Waals surface area contributed by atoms with Crippen LogP contribution >= 0.6 is 11.6 Å². The van der Waals surface area contributed by atoms with Gasteiger partial charge in [-0.25, -0.2) is 4.39 Å². The SMILES string of the molecule is COc1nc2c(c(N3CCCN=C(/C(Cl)=C(\N)C(=O)N(C4CC4)C4CC4)C3)n1)COC(c1c(C(F)(F)F)ccc(N)c1F)C2. The van der Waals surface area contributed by atoms with Gasteiger partial charge in [-0.05, 0) is 44.2 Å². The number of nitrogens with zero attached hydrogens (tertiary/aromatic N) is 5. The van der Waals surface area contributed by atoms with Gasteiger partial charge in [-0.1, -0.05) is 11.6 Å². The van der Waals surface area contributed by atoms with E-state index in [0.29, 0.717) is 42.3 Å². The summed E-state index contributed by atoms with van der Waals surface area (Å²) < 4.78 is 67.8. The maximum Gasteiger partial charge on any atom is 0.416 e. The minimum absolute atomic E-state index is 0.0212. The van der Waals surface area contributed by atoms with Crippen molar-refractivity contribution in [3.63, 3.8) is 0 Å². The van der Waals surface area contributed by atoms with Crippen molar-refractivity contribution in [1.29, 1.82) is 0 Å². The van der Waals surface area contributed by atoms with Crippen LogP contribution in [0.2, 0.25) is 0 Å². The molecule has 4 N–H and O–H groups in total. The molecule has 44 heavy (non-hydrogen) atoms. The number of nitrogens with two attached hydrogens (primary N) is 2. The second-order valence-corrected chi connectivity index (χ2v) is 11.8. The Bertz CT molecular complexity index is 1530. The molecular formula is C29H32ClF4N7O3. The van der Waals surface area contributed by atoms with Crippen LogP contribution in [0.3, 0.4) is 0 Å². The number of alkyl halides is 3. The summed E-state index contributed by atoms with van der Waals surface area (Å²) in [7, 11) is 1.37. The van der Waals surface area contributed by atoms with Gasteiger partial charge in [0.1, 0.15) is 11.5 Å². The number of carbonyl (C=O) groups excluding carboxylic acids is 1. The lowest BCUT2D eigenvalue weighted by Crippen LogP contribution is -2.39. The molecule has 1 unspecified atom stereocenters. The molecule has 0 saturated heterocycles. The maximum absolute atomic E-state index is 15.1. The maximum atomic E-state index is 15.1. The number of hydrogen-bond donors (Lipinski definition) is 2. The summed E-state index contributed by atoms with van der Waals surface area (Å²) in [5, 5.41) is 0.0798. The molecule has 0 radical (unpaired) electrons. The number of ether oxygens (including phenoxy) is 2. The quantitative estimate of drug-likeness (QED) is 0.262. The number of hydrogen-bond acceptors (Lipinski definition) is 9. The Morgan fingerprint density at radius 1 is 1.18 bits per heavy atom. The van der Waals surface area contributed by atoms with E-state index < -0.39 is 34.9 Å². The highest BCUT2D eigenvalue weighted by molar-refractivity contribution is 6.45. The number of amides is 1. The smallest absolute Gasteiger partial charge is 0.416 e. The number of methoxy groups -OCH3 is 1. The molecule has 236 valence electrons. The number of fused-ring (bicyclic) bond motifs is 1. The van der Waals surface area contributed by atoms with Gasteiger partial charge in [0.2, 0.25) is 0 Å². The Morgan fingerprint density at radius 3 is 2.52 bits per heavy atom. The van der Waals surface area contributed by atoms with Gasteiger partial charge in [0.25, 0.3) is 5.91 Å². The highest BCUT2D eigenvalue weighted by atomic mass is 35.5. The van der Waals surface area contributed by atoms with Crippen molar-refractivity contribution in [2.24, 2.45) is 10.7 Å². The molecule has 10 nitrogen and oxygen atoms in total. The minimum Gasteiger partial charge on any atom is -0.467 e. The summed E-state index contributed by atoms with van der Waals surface area (Å²) in [6, 6.07) is 2.01. The number of nitrogen functional groups attached to an aromatic ring is 1.